The van der Waals surface area contributed by atoms with Gasteiger partial charge in [0.1, 0.15) is 35.8 Å². The number of aliphatic hydroxyl groups excluding tert-OH is 4. The molecule has 158 valence electrons. The van der Waals surface area contributed by atoms with E-state index in [-0.39, 0.29) is 0 Å². The summed E-state index contributed by atoms with van der Waals surface area (Å²) in [5, 5.41) is 40.9. The Labute approximate surface area is 175 Å². The van der Waals surface area contributed by atoms with Crippen LogP contribution in [0, 0.1) is 0 Å². The number of aliphatic hydroxyl groups is 4. The highest BCUT2D eigenvalue weighted by molar-refractivity contribution is 6.31. The molecular formula is C22H27ClO6. The van der Waals surface area contributed by atoms with Gasteiger partial charge in [0.25, 0.3) is 0 Å². The zero-order chi connectivity index (χ0) is 21.2. The molecule has 2 aromatic rings. The van der Waals surface area contributed by atoms with Gasteiger partial charge in [0.15, 0.2) is 0 Å². The van der Waals surface area contributed by atoms with E-state index < -0.39 is 36.6 Å². The van der Waals surface area contributed by atoms with Gasteiger partial charge in [-0.05, 0) is 55.2 Å². The zero-order valence-corrected chi connectivity index (χ0v) is 17.2. The van der Waals surface area contributed by atoms with E-state index in [9.17, 15) is 20.4 Å². The molecule has 0 bridgehead atoms. The van der Waals surface area contributed by atoms with Gasteiger partial charge in [-0.15, -0.1) is 0 Å². The smallest absolute Gasteiger partial charge is 0.119 e. The van der Waals surface area contributed by atoms with Crippen LogP contribution in [0.2, 0.25) is 5.02 Å². The van der Waals surface area contributed by atoms with Crippen molar-refractivity contribution >= 4 is 11.6 Å². The maximum atomic E-state index is 10.6. The topological polar surface area (TPSA) is 99.4 Å². The molecule has 1 saturated heterocycles. The van der Waals surface area contributed by atoms with Crippen molar-refractivity contribution in [3.05, 3.63) is 64.2 Å². The third kappa shape index (κ3) is 4.43. The van der Waals surface area contributed by atoms with Crippen LogP contribution < -0.4 is 4.74 Å². The van der Waals surface area contributed by atoms with Crippen molar-refractivity contribution in [3.8, 4) is 5.75 Å². The van der Waals surface area contributed by atoms with E-state index in [1.54, 1.807) is 19.1 Å². The van der Waals surface area contributed by atoms with E-state index in [0.29, 0.717) is 23.6 Å². The average molecular weight is 423 g/mol. The van der Waals surface area contributed by atoms with Gasteiger partial charge in [-0.2, -0.15) is 0 Å². The maximum absolute atomic E-state index is 10.6. The van der Waals surface area contributed by atoms with Crippen molar-refractivity contribution in [1.82, 2.24) is 0 Å². The number of rotatable bonds is 6. The lowest BCUT2D eigenvalue weighted by Gasteiger charge is -2.47. The molecule has 0 spiro atoms. The van der Waals surface area contributed by atoms with Gasteiger partial charge in [0.2, 0.25) is 0 Å². The Kier molecular flexibility index (Phi) is 6.83. The van der Waals surface area contributed by atoms with Crippen molar-refractivity contribution in [3.63, 3.8) is 0 Å². The first-order valence-electron chi connectivity index (χ1n) is 9.63. The molecule has 0 aromatic heterocycles. The second-order valence-electron chi connectivity index (χ2n) is 7.43. The molecule has 1 aliphatic rings. The van der Waals surface area contributed by atoms with Crippen LogP contribution in [-0.4, -0.2) is 58.1 Å². The number of halogens is 1. The van der Waals surface area contributed by atoms with Crippen molar-refractivity contribution in [2.45, 2.75) is 50.3 Å². The standard InChI is InChI=1S/C22H27ClO6/c1-3-28-16-7-4-13(5-8-16)10-14-11-15(6-9-17(14)23)22(2)21(27)20(26)19(25)18(12-24)29-22/h4-9,11,18-21,24-27H,3,10,12H2,1-2H3/t18-,19-,20+,21-,22+/m1/s1. The maximum Gasteiger partial charge on any atom is 0.119 e. The highest BCUT2D eigenvalue weighted by atomic mass is 35.5. The van der Waals surface area contributed by atoms with E-state index in [0.717, 1.165) is 16.9 Å². The Bertz CT molecular complexity index is 825. The Morgan fingerprint density at radius 3 is 2.38 bits per heavy atom. The molecule has 0 saturated carbocycles. The fraction of sp³-hybridized carbons (Fsp3) is 0.455. The predicted molar refractivity (Wildman–Crippen MR) is 109 cm³/mol. The lowest BCUT2D eigenvalue weighted by atomic mass is 9.80. The molecule has 2 aromatic carbocycles. The van der Waals surface area contributed by atoms with Gasteiger partial charge < -0.3 is 29.9 Å². The summed E-state index contributed by atoms with van der Waals surface area (Å²) < 4.78 is 11.3. The summed E-state index contributed by atoms with van der Waals surface area (Å²) >= 11 is 6.40. The fourth-order valence-corrected chi connectivity index (χ4v) is 3.86. The van der Waals surface area contributed by atoms with E-state index in [1.165, 1.54) is 0 Å². The minimum Gasteiger partial charge on any atom is -0.494 e. The van der Waals surface area contributed by atoms with Crippen LogP contribution in [0.25, 0.3) is 0 Å². The summed E-state index contributed by atoms with van der Waals surface area (Å²) in [7, 11) is 0. The molecule has 0 aliphatic carbocycles. The minimum absolute atomic E-state index is 0.479. The lowest BCUT2D eigenvalue weighted by molar-refractivity contribution is -0.273. The molecule has 29 heavy (non-hydrogen) atoms. The highest BCUT2D eigenvalue weighted by Gasteiger charge is 2.51. The van der Waals surface area contributed by atoms with Crippen LogP contribution in [0.4, 0.5) is 0 Å². The van der Waals surface area contributed by atoms with Gasteiger partial charge in [-0.3, -0.25) is 0 Å². The number of benzene rings is 2. The summed E-state index contributed by atoms with van der Waals surface area (Å²) in [4.78, 5) is 0. The molecule has 3 rings (SSSR count). The molecule has 0 unspecified atom stereocenters. The van der Waals surface area contributed by atoms with Gasteiger partial charge >= 0.3 is 0 Å². The van der Waals surface area contributed by atoms with E-state index in [2.05, 4.69) is 0 Å². The van der Waals surface area contributed by atoms with Crippen LogP contribution in [-0.2, 0) is 16.8 Å². The van der Waals surface area contributed by atoms with Crippen molar-refractivity contribution < 1.29 is 29.9 Å². The highest BCUT2D eigenvalue weighted by Crippen LogP contribution is 2.39. The number of hydrogen-bond acceptors (Lipinski definition) is 6. The Morgan fingerprint density at radius 2 is 1.76 bits per heavy atom. The first-order valence-corrected chi connectivity index (χ1v) is 10.0. The van der Waals surface area contributed by atoms with E-state index in [1.807, 2.05) is 37.3 Å². The molecule has 5 atom stereocenters. The molecule has 6 nitrogen and oxygen atoms in total. The van der Waals surface area contributed by atoms with Gasteiger partial charge in [0.05, 0.1) is 13.2 Å². The van der Waals surface area contributed by atoms with Crippen LogP contribution in [0.5, 0.6) is 5.75 Å². The SMILES string of the molecule is CCOc1ccc(Cc2cc([C@]3(C)O[C@H](CO)[C@@H](O)[C@H](O)[C@H]3O)ccc2Cl)cc1. The van der Waals surface area contributed by atoms with Gasteiger partial charge in [0, 0.05) is 5.02 Å². The molecule has 0 amide bonds. The quantitative estimate of drug-likeness (QED) is 0.568. The lowest BCUT2D eigenvalue weighted by Crippen LogP contribution is -2.62. The molecule has 1 aliphatic heterocycles. The Morgan fingerprint density at radius 1 is 1.07 bits per heavy atom. The largest absolute Gasteiger partial charge is 0.494 e. The van der Waals surface area contributed by atoms with Crippen molar-refractivity contribution in [1.29, 1.82) is 0 Å². The van der Waals surface area contributed by atoms with Gasteiger partial charge in [-0.25, -0.2) is 0 Å². The van der Waals surface area contributed by atoms with Crippen molar-refractivity contribution in [2.24, 2.45) is 0 Å². The number of hydrogen-bond donors (Lipinski definition) is 4. The predicted octanol–water partition coefficient (Wildman–Crippen LogP) is 2.02. The first-order chi connectivity index (χ1) is 13.8. The summed E-state index contributed by atoms with van der Waals surface area (Å²) in [6.45, 7) is 3.68. The normalized spacial score (nSPS) is 29.6. The minimum atomic E-state index is -1.45. The Balaban J connectivity index is 1.89. The zero-order valence-electron chi connectivity index (χ0n) is 16.5. The van der Waals surface area contributed by atoms with Crippen LogP contribution in [0.1, 0.15) is 30.5 Å². The molecule has 1 fully saturated rings. The first kappa shape index (κ1) is 22.0. The number of ether oxygens (including phenoxy) is 2. The van der Waals surface area contributed by atoms with E-state index >= 15 is 0 Å². The van der Waals surface area contributed by atoms with Gasteiger partial charge in [-0.1, -0.05) is 35.9 Å². The second kappa shape index (κ2) is 9.00. The molecule has 1 heterocycles. The van der Waals surface area contributed by atoms with Crippen LogP contribution in [0.3, 0.4) is 0 Å². The van der Waals surface area contributed by atoms with Crippen LogP contribution >= 0.6 is 11.6 Å². The van der Waals surface area contributed by atoms with Crippen LogP contribution in [0.15, 0.2) is 42.5 Å². The summed E-state index contributed by atoms with van der Waals surface area (Å²) in [5.74, 6) is 0.796. The second-order valence-corrected chi connectivity index (χ2v) is 7.84. The average Bonchev–Trinajstić information content (AvgIpc) is 2.72. The molecule has 0 radical (unpaired) electrons. The summed E-state index contributed by atoms with van der Waals surface area (Å²) in [6, 6.07) is 13.0. The third-order valence-corrected chi connectivity index (χ3v) is 5.81. The van der Waals surface area contributed by atoms with Crippen molar-refractivity contribution in [2.75, 3.05) is 13.2 Å². The van der Waals surface area contributed by atoms with E-state index in [4.69, 9.17) is 21.1 Å². The fourth-order valence-electron chi connectivity index (χ4n) is 3.68. The Hall–Kier alpha value is -1.67. The summed E-state index contributed by atoms with van der Waals surface area (Å²) in [5.41, 5.74) is 1.14. The molecule has 7 heteroatoms. The third-order valence-electron chi connectivity index (χ3n) is 5.44. The molecular weight excluding hydrogens is 396 g/mol. The monoisotopic (exact) mass is 422 g/mol. The molecule has 4 N–H and O–H groups in total. The summed E-state index contributed by atoms with van der Waals surface area (Å²) in [6.07, 6.45) is -4.65.